The fraction of sp³-hybridized carbons (Fsp3) is 0.222. The summed E-state index contributed by atoms with van der Waals surface area (Å²) in [6.07, 6.45) is 13.4. The van der Waals surface area contributed by atoms with Crippen LogP contribution in [0.5, 0.6) is 0 Å². The molecule has 0 atom stereocenters. The van der Waals surface area contributed by atoms with Crippen molar-refractivity contribution < 1.29 is 0 Å². The van der Waals surface area contributed by atoms with Crippen LogP contribution in [0.4, 0.5) is 0 Å². The molecular weight excluding hydrogens is 216 g/mol. The summed E-state index contributed by atoms with van der Waals surface area (Å²) in [4.78, 5) is 0. The lowest BCUT2D eigenvalue weighted by Crippen LogP contribution is -1.76. The van der Waals surface area contributed by atoms with E-state index < -0.39 is 0 Å². The molecule has 0 amide bonds. The van der Waals surface area contributed by atoms with E-state index in [1.54, 1.807) is 0 Å². The van der Waals surface area contributed by atoms with Crippen LogP contribution in [-0.2, 0) is 0 Å². The summed E-state index contributed by atoms with van der Waals surface area (Å²) in [5.74, 6) is 0. The number of rotatable bonds is 6. The Labute approximate surface area is 112 Å². The van der Waals surface area contributed by atoms with Gasteiger partial charge in [0.2, 0.25) is 0 Å². The highest BCUT2D eigenvalue weighted by Gasteiger charge is 1.89. The minimum absolute atomic E-state index is 1.14. The van der Waals surface area contributed by atoms with Gasteiger partial charge in [0, 0.05) is 0 Å². The minimum Gasteiger partial charge on any atom is -0.0991 e. The van der Waals surface area contributed by atoms with Gasteiger partial charge in [0.15, 0.2) is 0 Å². The molecule has 0 bridgehead atoms. The van der Waals surface area contributed by atoms with Crippen LogP contribution in [0, 0.1) is 0 Å². The number of hydrogen-bond acceptors (Lipinski definition) is 0. The smallest absolute Gasteiger partial charge is 0.0190 e. The van der Waals surface area contributed by atoms with Crippen LogP contribution in [-0.4, -0.2) is 0 Å². The zero-order valence-corrected chi connectivity index (χ0v) is 11.4. The van der Waals surface area contributed by atoms with E-state index in [1.165, 1.54) is 19.3 Å². The predicted octanol–water partition coefficient (Wildman–Crippen LogP) is 5.89. The third-order valence-corrected chi connectivity index (χ3v) is 2.43. The quantitative estimate of drug-likeness (QED) is 0.429. The maximum atomic E-state index is 3.69. The highest BCUT2D eigenvalue weighted by Crippen LogP contribution is 2.10. The molecule has 0 unspecified atom stereocenters. The Hall–Kier alpha value is -1.82. The lowest BCUT2D eigenvalue weighted by molar-refractivity contribution is 0.815. The minimum atomic E-state index is 1.14. The van der Waals surface area contributed by atoms with Crippen LogP contribution in [0.25, 0.3) is 12.2 Å². The Bertz CT molecular complexity index is 356. The van der Waals surface area contributed by atoms with Gasteiger partial charge in [-0.05, 0) is 17.5 Å². The summed E-state index contributed by atoms with van der Waals surface area (Å²) >= 11 is 0. The van der Waals surface area contributed by atoms with Gasteiger partial charge in [0.1, 0.15) is 0 Å². The second kappa shape index (κ2) is 11.7. The van der Waals surface area contributed by atoms with Crippen molar-refractivity contribution in [1.29, 1.82) is 0 Å². The molecule has 0 nitrogen and oxygen atoms in total. The summed E-state index contributed by atoms with van der Waals surface area (Å²) in [7, 11) is 0. The molecule has 1 aromatic rings. The normalized spacial score (nSPS) is 9.39. The van der Waals surface area contributed by atoms with Crippen molar-refractivity contribution in [2.45, 2.75) is 26.2 Å². The van der Waals surface area contributed by atoms with Crippen molar-refractivity contribution in [1.82, 2.24) is 0 Å². The third-order valence-electron chi connectivity index (χ3n) is 2.43. The fourth-order valence-corrected chi connectivity index (χ4v) is 1.40. The Morgan fingerprint density at radius 2 is 1.56 bits per heavy atom. The molecule has 0 fully saturated rings. The molecule has 0 heteroatoms. The number of unbranched alkanes of at least 4 members (excludes halogenated alkanes) is 2. The Morgan fingerprint density at radius 3 is 1.94 bits per heavy atom. The third kappa shape index (κ3) is 7.45. The standard InChI is InChI=1S/C10H10.C8H14/c1-3-9-7-5-6-8-10(9)4-2;1-3-5-7-8-6-4-2/h3-8H,1-2H2;3,5,7H,1,4,6,8H2,2H3/b;7-5+. The zero-order chi connectivity index (χ0) is 13.6. The van der Waals surface area contributed by atoms with Crippen LogP contribution < -0.4 is 0 Å². The van der Waals surface area contributed by atoms with Crippen LogP contribution in [0.1, 0.15) is 37.3 Å². The van der Waals surface area contributed by atoms with Gasteiger partial charge >= 0.3 is 0 Å². The van der Waals surface area contributed by atoms with Crippen LogP contribution in [0.15, 0.2) is 62.2 Å². The van der Waals surface area contributed by atoms with E-state index in [2.05, 4.69) is 32.7 Å². The Morgan fingerprint density at radius 1 is 1.00 bits per heavy atom. The predicted molar refractivity (Wildman–Crippen MR) is 85.5 cm³/mol. The van der Waals surface area contributed by atoms with Crippen LogP contribution in [0.3, 0.4) is 0 Å². The highest BCUT2D eigenvalue weighted by atomic mass is 13.9. The van der Waals surface area contributed by atoms with Gasteiger partial charge < -0.3 is 0 Å². The highest BCUT2D eigenvalue weighted by molar-refractivity contribution is 5.63. The SMILES string of the molecule is C=C/C=C/CCCC.C=Cc1ccccc1C=C. The van der Waals surface area contributed by atoms with E-state index in [4.69, 9.17) is 0 Å². The first-order chi connectivity index (χ1) is 8.79. The molecule has 18 heavy (non-hydrogen) atoms. The van der Waals surface area contributed by atoms with Crippen molar-refractivity contribution >= 4 is 12.2 Å². The largest absolute Gasteiger partial charge is 0.0991 e. The summed E-state index contributed by atoms with van der Waals surface area (Å²) in [6, 6.07) is 8.02. The molecular formula is C18H24. The van der Waals surface area contributed by atoms with E-state index in [-0.39, 0.29) is 0 Å². The maximum Gasteiger partial charge on any atom is -0.0190 e. The van der Waals surface area contributed by atoms with Gasteiger partial charge in [-0.15, -0.1) is 0 Å². The molecule has 0 aliphatic carbocycles. The molecule has 1 rings (SSSR count). The molecule has 0 aliphatic rings. The fourth-order valence-electron chi connectivity index (χ4n) is 1.40. The van der Waals surface area contributed by atoms with Gasteiger partial charge in [0.05, 0.1) is 0 Å². The van der Waals surface area contributed by atoms with Gasteiger partial charge in [-0.1, -0.05) is 94.1 Å². The number of hydrogen-bond donors (Lipinski definition) is 0. The van der Waals surface area contributed by atoms with Crippen molar-refractivity contribution in [3.05, 3.63) is 73.4 Å². The summed E-state index contributed by atoms with van der Waals surface area (Å²) < 4.78 is 0. The summed E-state index contributed by atoms with van der Waals surface area (Å²) in [6.45, 7) is 13.2. The molecule has 0 radical (unpaired) electrons. The lowest BCUT2D eigenvalue weighted by atomic mass is 10.1. The first-order valence-electron chi connectivity index (χ1n) is 6.41. The van der Waals surface area contributed by atoms with Crippen molar-refractivity contribution in [2.75, 3.05) is 0 Å². The average Bonchev–Trinajstić information content (AvgIpc) is 2.44. The van der Waals surface area contributed by atoms with Gasteiger partial charge in [0.25, 0.3) is 0 Å². The molecule has 0 saturated carbocycles. The van der Waals surface area contributed by atoms with Crippen LogP contribution in [0.2, 0.25) is 0 Å². The van der Waals surface area contributed by atoms with E-state index in [9.17, 15) is 0 Å². The molecule has 0 saturated heterocycles. The van der Waals surface area contributed by atoms with Crippen LogP contribution >= 0.6 is 0 Å². The van der Waals surface area contributed by atoms with E-state index >= 15 is 0 Å². The molecule has 0 spiro atoms. The van der Waals surface area contributed by atoms with Crippen molar-refractivity contribution in [2.24, 2.45) is 0 Å². The van der Waals surface area contributed by atoms with Crippen molar-refractivity contribution in [3.63, 3.8) is 0 Å². The molecule has 0 aliphatic heterocycles. The Kier molecular flexibility index (Phi) is 10.5. The molecule has 96 valence electrons. The Balaban J connectivity index is 0.000000331. The molecule has 1 aromatic carbocycles. The lowest BCUT2D eigenvalue weighted by Gasteiger charge is -1.96. The number of benzene rings is 1. The topological polar surface area (TPSA) is 0 Å². The molecule has 0 aromatic heterocycles. The van der Waals surface area contributed by atoms with Gasteiger partial charge in [-0.3, -0.25) is 0 Å². The summed E-state index contributed by atoms with van der Waals surface area (Å²) in [5, 5.41) is 0. The monoisotopic (exact) mass is 240 g/mol. The van der Waals surface area contributed by atoms with E-state index in [0.29, 0.717) is 0 Å². The van der Waals surface area contributed by atoms with E-state index in [1.807, 2.05) is 48.6 Å². The maximum absolute atomic E-state index is 3.69. The average molecular weight is 240 g/mol. The van der Waals surface area contributed by atoms with E-state index in [0.717, 1.165) is 11.1 Å². The number of allylic oxidation sites excluding steroid dienone is 3. The first-order valence-corrected chi connectivity index (χ1v) is 6.41. The second-order valence-electron chi connectivity index (χ2n) is 3.84. The van der Waals surface area contributed by atoms with Gasteiger partial charge in [-0.25, -0.2) is 0 Å². The summed E-state index contributed by atoms with van der Waals surface area (Å²) in [5.41, 5.74) is 2.27. The molecule has 0 heterocycles. The molecule has 0 N–H and O–H groups in total. The van der Waals surface area contributed by atoms with Crippen molar-refractivity contribution in [3.8, 4) is 0 Å². The van der Waals surface area contributed by atoms with Gasteiger partial charge in [-0.2, -0.15) is 0 Å². The first kappa shape index (κ1) is 16.2. The second-order valence-corrected chi connectivity index (χ2v) is 3.84. The zero-order valence-electron chi connectivity index (χ0n) is 11.4.